The Morgan fingerprint density at radius 3 is 2.85 bits per heavy atom. The number of aromatic nitrogens is 2. The molecule has 10 heteroatoms. The first-order valence-electron chi connectivity index (χ1n) is 9.05. The van der Waals surface area contributed by atoms with Gasteiger partial charge in [0, 0.05) is 19.9 Å². The van der Waals surface area contributed by atoms with Crippen LogP contribution in [0.1, 0.15) is 38.5 Å². The summed E-state index contributed by atoms with van der Waals surface area (Å²) in [6, 6.07) is 0.266. The summed E-state index contributed by atoms with van der Waals surface area (Å²) in [4.78, 5) is 33.3. The van der Waals surface area contributed by atoms with Crippen molar-refractivity contribution < 1.29 is 9.53 Å². The van der Waals surface area contributed by atoms with Crippen LogP contribution in [0, 0.1) is 0 Å². The Hall–Kier alpha value is -3.04. The van der Waals surface area contributed by atoms with Gasteiger partial charge in [-0.05, 0) is 19.6 Å². The third-order valence-corrected chi connectivity index (χ3v) is 4.86. The fourth-order valence-electron chi connectivity index (χ4n) is 3.18. The van der Waals surface area contributed by atoms with Crippen LogP contribution in [0.15, 0.2) is 21.2 Å². The van der Waals surface area contributed by atoms with Crippen LogP contribution in [-0.4, -0.2) is 53.2 Å². The van der Waals surface area contributed by atoms with E-state index in [1.807, 2.05) is 0 Å². The molecule has 0 bridgehead atoms. The second-order valence-corrected chi connectivity index (χ2v) is 6.83. The number of nitrogens with one attached hydrogen (secondary N) is 3. The summed E-state index contributed by atoms with van der Waals surface area (Å²) in [6.07, 6.45) is 7.42. The Bertz CT molecular complexity index is 824. The first-order valence-corrected chi connectivity index (χ1v) is 9.05. The first kappa shape index (κ1) is 17.4. The molecule has 10 nitrogen and oxygen atoms in total. The third kappa shape index (κ3) is 3.60. The van der Waals surface area contributed by atoms with Gasteiger partial charge in [-0.15, -0.1) is 0 Å². The van der Waals surface area contributed by atoms with Gasteiger partial charge in [-0.25, -0.2) is 20.0 Å². The molecule has 2 aliphatic carbocycles. The number of aliphatic imine (C=N–C) groups is 3. The molecule has 1 aliphatic heterocycles. The van der Waals surface area contributed by atoms with Crippen molar-refractivity contribution in [1.29, 1.82) is 0 Å². The van der Waals surface area contributed by atoms with Crippen LogP contribution in [0.3, 0.4) is 0 Å². The number of guanidine groups is 2. The lowest BCUT2D eigenvalue weighted by Crippen LogP contribution is -2.40. The fourth-order valence-corrected chi connectivity index (χ4v) is 3.18. The highest BCUT2D eigenvalue weighted by atomic mass is 16.5. The second-order valence-electron chi connectivity index (χ2n) is 6.83. The third-order valence-electron chi connectivity index (χ3n) is 4.86. The quantitative estimate of drug-likeness (QED) is 0.533. The summed E-state index contributed by atoms with van der Waals surface area (Å²) >= 11 is 0. The summed E-state index contributed by atoms with van der Waals surface area (Å²) in [5, 5.41) is 8.78. The number of ether oxygens (including phenoxy) is 1. The smallest absolute Gasteiger partial charge is 0.269 e. The van der Waals surface area contributed by atoms with Crippen molar-refractivity contribution in [1.82, 2.24) is 15.3 Å². The van der Waals surface area contributed by atoms with Crippen LogP contribution in [0.2, 0.25) is 0 Å². The van der Waals surface area contributed by atoms with Crippen LogP contribution >= 0.6 is 0 Å². The maximum Gasteiger partial charge on any atom is 0.269 e. The average Bonchev–Trinajstić information content (AvgIpc) is 3.26. The molecule has 2 fully saturated rings. The molecule has 0 radical (unpaired) electrons. The van der Waals surface area contributed by atoms with Gasteiger partial charge in [-0.1, -0.05) is 12.8 Å². The Morgan fingerprint density at radius 1 is 1.41 bits per heavy atom. The van der Waals surface area contributed by atoms with Gasteiger partial charge >= 0.3 is 0 Å². The SMILES string of the molecule is C=NC(=NC1CCCC1)NC(=NC)Nc1cnc2c(n1)NC(=O)C1(CC1)O2. The molecule has 1 amide bonds. The second kappa shape index (κ2) is 6.93. The highest BCUT2D eigenvalue weighted by molar-refractivity contribution is 6.06. The van der Waals surface area contributed by atoms with E-state index in [0.29, 0.717) is 42.3 Å². The summed E-state index contributed by atoms with van der Waals surface area (Å²) in [5.41, 5.74) is -0.741. The van der Waals surface area contributed by atoms with Crippen LogP contribution < -0.4 is 20.7 Å². The molecule has 27 heavy (non-hydrogen) atoms. The van der Waals surface area contributed by atoms with Crippen molar-refractivity contribution >= 4 is 36.2 Å². The molecule has 2 heterocycles. The number of nitrogens with zero attached hydrogens (tertiary/aromatic N) is 5. The summed E-state index contributed by atoms with van der Waals surface area (Å²) < 4.78 is 5.68. The molecule has 142 valence electrons. The maximum absolute atomic E-state index is 12.1. The predicted octanol–water partition coefficient (Wildman–Crippen LogP) is 1.33. The number of fused-ring (bicyclic) bond motifs is 1. The molecule has 1 aromatic rings. The molecular formula is C17H22N8O2. The van der Waals surface area contributed by atoms with Crippen LogP contribution in [0.4, 0.5) is 11.6 Å². The standard InChI is InChI=1S/C17H22N8O2/c1-18-15(21-10-5-3-4-6-10)25-16(19-2)23-11-9-20-13-12(22-11)24-14(26)17(27-13)7-8-17/h9-10H,1,3-8H2,2H3,(H3,19,21,22,23,24,25,26). The van der Waals surface area contributed by atoms with Crippen LogP contribution in [-0.2, 0) is 4.79 Å². The number of carbonyl (C=O) groups excluding carboxylic acids is 1. The lowest BCUT2D eigenvalue weighted by molar-refractivity contribution is -0.125. The molecule has 0 saturated heterocycles. The van der Waals surface area contributed by atoms with Crippen molar-refractivity contribution in [3.8, 4) is 5.88 Å². The van der Waals surface area contributed by atoms with Gasteiger partial charge in [0.25, 0.3) is 11.8 Å². The molecular weight excluding hydrogens is 348 g/mol. The lowest BCUT2D eigenvalue weighted by Gasteiger charge is -2.24. The highest BCUT2D eigenvalue weighted by Crippen LogP contribution is 2.45. The number of carbonyl (C=O) groups is 1. The summed E-state index contributed by atoms with van der Waals surface area (Å²) in [6.45, 7) is 3.56. The molecule has 0 atom stereocenters. The van der Waals surface area contributed by atoms with Crippen LogP contribution in [0.5, 0.6) is 5.88 Å². The highest BCUT2D eigenvalue weighted by Gasteiger charge is 2.56. The van der Waals surface area contributed by atoms with Crippen molar-refractivity contribution in [2.75, 3.05) is 17.7 Å². The Morgan fingerprint density at radius 2 is 2.19 bits per heavy atom. The number of hydrogen-bond donors (Lipinski definition) is 3. The van der Waals surface area contributed by atoms with Crippen molar-refractivity contribution in [3.63, 3.8) is 0 Å². The van der Waals surface area contributed by atoms with Gasteiger partial charge in [0.1, 0.15) is 0 Å². The van der Waals surface area contributed by atoms with Crippen molar-refractivity contribution in [2.24, 2.45) is 15.0 Å². The topological polar surface area (TPSA) is 125 Å². The number of hydrogen-bond acceptors (Lipinski definition) is 6. The zero-order valence-electron chi connectivity index (χ0n) is 15.2. The lowest BCUT2D eigenvalue weighted by atomic mass is 10.3. The van der Waals surface area contributed by atoms with Crippen molar-refractivity contribution in [3.05, 3.63) is 6.20 Å². The van der Waals surface area contributed by atoms with Gasteiger partial charge in [0.05, 0.1) is 12.2 Å². The van der Waals surface area contributed by atoms with Gasteiger partial charge in [0.2, 0.25) is 11.9 Å². The zero-order valence-corrected chi connectivity index (χ0v) is 15.2. The Labute approximate surface area is 156 Å². The summed E-state index contributed by atoms with van der Waals surface area (Å²) in [7, 11) is 1.62. The van der Waals surface area contributed by atoms with E-state index in [-0.39, 0.29) is 11.9 Å². The molecule has 0 aromatic carbocycles. The first-order chi connectivity index (χ1) is 13.1. The molecule has 4 rings (SSSR count). The minimum atomic E-state index is -0.741. The van der Waals surface area contributed by atoms with Crippen molar-refractivity contribution in [2.45, 2.75) is 50.2 Å². The molecule has 3 aliphatic rings. The average molecular weight is 370 g/mol. The van der Waals surface area contributed by atoms with E-state index in [9.17, 15) is 4.79 Å². The number of rotatable bonds is 2. The normalized spacial score (nSPS) is 21.3. The van der Waals surface area contributed by atoms with E-state index in [4.69, 9.17) is 4.74 Å². The van der Waals surface area contributed by atoms with Gasteiger partial charge in [-0.3, -0.25) is 15.1 Å². The van der Waals surface area contributed by atoms with E-state index in [0.717, 1.165) is 12.8 Å². The van der Waals surface area contributed by atoms with E-state index >= 15 is 0 Å². The zero-order chi connectivity index (χ0) is 18.9. The number of anilines is 2. The molecule has 1 aromatic heterocycles. The minimum absolute atomic E-state index is 0.175. The van der Waals surface area contributed by atoms with Gasteiger partial charge in [0.15, 0.2) is 17.2 Å². The van der Waals surface area contributed by atoms with Gasteiger partial charge < -0.3 is 15.4 Å². The molecule has 3 N–H and O–H groups in total. The number of amides is 1. The minimum Gasteiger partial charge on any atom is -0.458 e. The Balaban J connectivity index is 1.45. The fraction of sp³-hybridized carbons (Fsp3) is 0.529. The molecule has 2 saturated carbocycles. The molecule has 1 spiro atoms. The van der Waals surface area contributed by atoms with Crippen LogP contribution in [0.25, 0.3) is 0 Å². The summed E-state index contributed by atoms with van der Waals surface area (Å²) in [5.74, 6) is 1.66. The monoisotopic (exact) mass is 370 g/mol. The van der Waals surface area contributed by atoms with Gasteiger partial charge in [-0.2, -0.15) is 0 Å². The van der Waals surface area contributed by atoms with E-state index < -0.39 is 5.60 Å². The van der Waals surface area contributed by atoms with E-state index in [2.05, 4.69) is 47.6 Å². The Kier molecular flexibility index (Phi) is 4.46. The maximum atomic E-state index is 12.1. The predicted molar refractivity (Wildman–Crippen MR) is 103 cm³/mol. The van der Waals surface area contributed by atoms with E-state index in [1.54, 1.807) is 7.05 Å². The largest absolute Gasteiger partial charge is 0.458 e. The van der Waals surface area contributed by atoms with E-state index in [1.165, 1.54) is 19.0 Å². The molecule has 0 unspecified atom stereocenters.